The van der Waals surface area contributed by atoms with Crippen LogP contribution in [0.4, 0.5) is 5.82 Å². The Morgan fingerprint density at radius 2 is 2.08 bits per heavy atom. The second-order valence-electron chi connectivity index (χ2n) is 6.59. The van der Waals surface area contributed by atoms with E-state index in [0.717, 1.165) is 42.7 Å². The van der Waals surface area contributed by atoms with Crippen molar-refractivity contribution >= 4 is 5.82 Å². The molecule has 1 N–H and O–H groups in total. The van der Waals surface area contributed by atoms with Crippen molar-refractivity contribution in [3.8, 4) is 22.8 Å². The van der Waals surface area contributed by atoms with E-state index in [9.17, 15) is 4.79 Å². The van der Waals surface area contributed by atoms with Crippen molar-refractivity contribution in [2.24, 2.45) is 0 Å². The first-order valence-electron chi connectivity index (χ1n) is 8.92. The summed E-state index contributed by atoms with van der Waals surface area (Å²) in [6.45, 7) is 2.08. The average Bonchev–Trinajstić information content (AvgIpc) is 3.18. The van der Waals surface area contributed by atoms with E-state index in [1.807, 2.05) is 18.2 Å². The van der Waals surface area contributed by atoms with Crippen LogP contribution in [-0.4, -0.2) is 43.0 Å². The van der Waals surface area contributed by atoms with Crippen LogP contribution >= 0.6 is 0 Å². The zero-order chi connectivity index (χ0) is 18.1. The Labute approximate surface area is 151 Å². The molecular formula is C19H23N3O4. The van der Waals surface area contributed by atoms with Gasteiger partial charge in [-0.2, -0.15) is 4.98 Å². The molecule has 26 heavy (non-hydrogen) atoms. The number of anilines is 1. The van der Waals surface area contributed by atoms with Crippen molar-refractivity contribution in [1.29, 1.82) is 0 Å². The highest BCUT2D eigenvalue weighted by Gasteiger charge is 2.22. The van der Waals surface area contributed by atoms with E-state index in [4.69, 9.17) is 14.2 Å². The molecule has 0 bridgehead atoms. The van der Waals surface area contributed by atoms with Crippen LogP contribution < -0.4 is 20.5 Å². The molecule has 7 nitrogen and oxygen atoms in total. The largest absolute Gasteiger partial charge is 0.493 e. The van der Waals surface area contributed by atoms with Gasteiger partial charge in [-0.3, -0.25) is 4.57 Å². The summed E-state index contributed by atoms with van der Waals surface area (Å²) < 4.78 is 18.2. The number of fused-ring (bicyclic) bond motifs is 3. The highest BCUT2D eigenvalue weighted by Crippen LogP contribution is 2.38. The van der Waals surface area contributed by atoms with Gasteiger partial charge in [0, 0.05) is 31.3 Å². The molecule has 0 amide bonds. The maximum Gasteiger partial charge on any atom is 0.349 e. The van der Waals surface area contributed by atoms with Gasteiger partial charge in [0.05, 0.1) is 26.0 Å². The summed E-state index contributed by atoms with van der Waals surface area (Å²) in [5, 5.41) is 3.25. The number of nitrogens with one attached hydrogen (secondary N) is 1. The van der Waals surface area contributed by atoms with Gasteiger partial charge >= 0.3 is 5.69 Å². The van der Waals surface area contributed by atoms with Crippen molar-refractivity contribution in [2.75, 3.05) is 32.7 Å². The summed E-state index contributed by atoms with van der Waals surface area (Å²) in [6.07, 6.45) is 3.07. The fraction of sp³-hybridized carbons (Fsp3) is 0.474. The van der Waals surface area contributed by atoms with Gasteiger partial charge in [-0.25, -0.2) is 4.79 Å². The molecule has 3 heterocycles. The molecule has 0 aliphatic carbocycles. The highest BCUT2D eigenvalue weighted by atomic mass is 16.5. The van der Waals surface area contributed by atoms with Crippen LogP contribution in [0.15, 0.2) is 23.0 Å². The van der Waals surface area contributed by atoms with Gasteiger partial charge in [-0.15, -0.1) is 0 Å². The van der Waals surface area contributed by atoms with Gasteiger partial charge in [-0.05, 0) is 37.0 Å². The predicted molar refractivity (Wildman–Crippen MR) is 98.2 cm³/mol. The number of nitrogens with zero attached hydrogens (tertiary/aromatic N) is 2. The van der Waals surface area contributed by atoms with Gasteiger partial charge in [0.1, 0.15) is 5.82 Å². The Morgan fingerprint density at radius 3 is 2.81 bits per heavy atom. The summed E-state index contributed by atoms with van der Waals surface area (Å²) in [5.41, 5.74) is 2.73. The molecule has 0 spiro atoms. The standard InChI is InChI=1S/C19H23N3O4/c1-24-16-8-12-5-6-22-15(14(12)9-17(16)25-2)10-18(21-19(22)23)20-11-13-4-3-7-26-13/h8-10,13H,3-7,11H2,1-2H3,(H,20,21,23). The molecule has 2 aliphatic heterocycles. The van der Waals surface area contributed by atoms with E-state index in [2.05, 4.69) is 10.3 Å². The van der Waals surface area contributed by atoms with Crippen LogP contribution in [0.2, 0.25) is 0 Å². The molecule has 2 aliphatic rings. The summed E-state index contributed by atoms with van der Waals surface area (Å²) in [6, 6.07) is 5.85. The third-order valence-corrected chi connectivity index (χ3v) is 5.04. The smallest absolute Gasteiger partial charge is 0.349 e. The van der Waals surface area contributed by atoms with E-state index < -0.39 is 0 Å². The summed E-state index contributed by atoms with van der Waals surface area (Å²) >= 11 is 0. The highest BCUT2D eigenvalue weighted by molar-refractivity contribution is 5.71. The van der Waals surface area contributed by atoms with Gasteiger partial charge in [0.15, 0.2) is 11.5 Å². The first kappa shape index (κ1) is 16.9. The van der Waals surface area contributed by atoms with Crippen LogP contribution in [0.1, 0.15) is 18.4 Å². The molecule has 0 saturated carbocycles. The van der Waals surface area contributed by atoms with Crippen LogP contribution in [0.5, 0.6) is 11.5 Å². The van der Waals surface area contributed by atoms with Crippen molar-refractivity contribution in [2.45, 2.75) is 31.9 Å². The maximum absolute atomic E-state index is 12.5. The molecule has 1 saturated heterocycles. The fourth-order valence-electron chi connectivity index (χ4n) is 3.66. The lowest BCUT2D eigenvalue weighted by molar-refractivity contribution is 0.120. The zero-order valence-corrected chi connectivity index (χ0v) is 15.1. The van der Waals surface area contributed by atoms with Gasteiger partial charge in [0.25, 0.3) is 0 Å². The van der Waals surface area contributed by atoms with Crippen LogP contribution in [0, 0.1) is 0 Å². The first-order chi connectivity index (χ1) is 12.7. The summed E-state index contributed by atoms with van der Waals surface area (Å²) in [5.74, 6) is 1.94. The number of rotatable bonds is 5. The van der Waals surface area contributed by atoms with Gasteiger partial charge in [-0.1, -0.05) is 0 Å². The van der Waals surface area contributed by atoms with E-state index in [0.29, 0.717) is 30.4 Å². The third kappa shape index (κ3) is 3.03. The van der Waals surface area contributed by atoms with Gasteiger partial charge < -0.3 is 19.5 Å². The van der Waals surface area contributed by atoms with Crippen LogP contribution in [0.25, 0.3) is 11.3 Å². The molecule has 1 aromatic carbocycles. The molecule has 4 rings (SSSR count). The SMILES string of the molecule is COc1cc2c(cc1OC)-c1cc(NCC3CCCO3)nc(=O)n1CC2. The fourth-order valence-corrected chi connectivity index (χ4v) is 3.66. The van der Waals surface area contributed by atoms with Crippen molar-refractivity contribution in [3.05, 3.63) is 34.2 Å². The van der Waals surface area contributed by atoms with Gasteiger partial charge in [0.2, 0.25) is 0 Å². The maximum atomic E-state index is 12.5. The molecule has 7 heteroatoms. The Balaban J connectivity index is 1.70. The molecule has 1 unspecified atom stereocenters. The minimum atomic E-state index is -0.238. The molecule has 1 atom stereocenters. The molecular weight excluding hydrogens is 334 g/mol. The van der Waals surface area contributed by atoms with Crippen molar-refractivity contribution in [3.63, 3.8) is 0 Å². The Hall–Kier alpha value is -2.54. The predicted octanol–water partition coefficient (Wildman–Crippen LogP) is 2.07. The summed E-state index contributed by atoms with van der Waals surface area (Å²) in [7, 11) is 3.24. The lowest BCUT2D eigenvalue weighted by Crippen LogP contribution is -2.30. The Morgan fingerprint density at radius 1 is 1.27 bits per heavy atom. The minimum Gasteiger partial charge on any atom is -0.493 e. The number of methoxy groups -OCH3 is 2. The van der Waals surface area contributed by atoms with Crippen molar-refractivity contribution in [1.82, 2.24) is 9.55 Å². The number of aromatic nitrogens is 2. The van der Waals surface area contributed by atoms with Crippen molar-refractivity contribution < 1.29 is 14.2 Å². The molecule has 138 valence electrons. The molecule has 2 aromatic rings. The van der Waals surface area contributed by atoms with E-state index in [-0.39, 0.29) is 11.8 Å². The van der Waals surface area contributed by atoms with Crippen LogP contribution in [-0.2, 0) is 17.7 Å². The Bertz CT molecular complexity index is 872. The average molecular weight is 357 g/mol. The quantitative estimate of drug-likeness (QED) is 0.883. The number of ether oxygens (including phenoxy) is 3. The monoisotopic (exact) mass is 357 g/mol. The van der Waals surface area contributed by atoms with E-state index >= 15 is 0 Å². The second kappa shape index (κ2) is 6.99. The number of benzene rings is 1. The molecule has 0 radical (unpaired) electrons. The molecule has 1 fully saturated rings. The minimum absolute atomic E-state index is 0.187. The molecule has 1 aromatic heterocycles. The van der Waals surface area contributed by atoms with E-state index in [1.165, 1.54) is 0 Å². The normalized spacial score (nSPS) is 18.2. The van der Waals surface area contributed by atoms with Crippen LogP contribution in [0.3, 0.4) is 0 Å². The zero-order valence-electron chi connectivity index (χ0n) is 15.1. The lowest BCUT2D eigenvalue weighted by Gasteiger charge is -2.23. The summed E-state index contributed by atoms with van der Waals surface area (Å²) in [4.78, 5) is 16.7. The number of aryl methyl sites for hydroxylation is 1. The number of hydrogen-bond acceptors (Lipinski definition) is 6. The number of hydrogen-bond donors (Lipinski definition) is 1. The second-order valence-corrected chi connectivity index (χ2v) is 6.59. The first-order valence-corrected chi connectivity index (χ1v) is 8.92. The lowest BCUT2D eigenvalue weighted by atomic mass is 9.97. The Kier molecular flexibility index (Phi) is 4.55. The third-order valence-electron chi connectivity index (χ3n) is 5.04. The topological polar surface area (TPSA) is 74.6 Å². The van der Waals surface area contributed by atoms with E-state index in [1.54, 1.807) is 18.8 Å².